The molecule has 0 amide bonds. The molecule has 4 rings (SSSR count). The third-order valence-corrected chi connectivity index (χ3v) is 5.00. The van der Waals surface area contributed by atoms with E-state index < -0.39 is 5.97 Å². The van der Waals surface area contributed by atoms with Crippen LogP contribution in [0, 0.1) is 6.92 Å². The molecule has 1 heterocycles. The average molecular weight is 421 g/mol. The van der Waals surface area contributed by atoms with Gasteiger partial charge in [-0.3, -0.25) is 4.79 Å². The van der Waals surface area contributed by atoms with Crippen molar-refractivity contribution < 1.29 is 23.8 Å². The van der Waals surface area contributed by atoms with Crippen molar-refractivity contribution in [1.29, 1.82) is 0 Å². The molecule has 0 saturated carbocycles. The predicted molar refractivity (Wildman–Crippen MR) is 114 cm³/mol. The van der Waals surface area contributed by atoms with Crippen molar-refractivity contribution in [2.45, 2.75) is 6.92 Å². The fourth-order valence-electron chi connectivity index (χ4n) is 3.25. The van der Waals surface area contributed by atoms with Gasteiger partial charge in [0, 0.05) is 11.6 Å². The molecule has 0 aromatic heterocycles. The first-order chi connectivity index (χ1) is 14.5. The Morgan fingerprint density at radius 2 is 1.80 bits per heavy atom. The van der Waals surface area contributed by atoms with E-state index in [1.54, 1.807) is 56.5 Å². The van der Waals surface area contributed by atoms with Gasteiger partial charge < -0.3 is 14.2 Å². The molecule has 5 nitrogen and oxygen atoms in total. The molecule has 1 aliphatic heterocycles. The molecule has 1 aliphatic rings. The summed E-state index contributed by atoms with van der Waals surface area (Å²) in [6.45, 7) is 1.76. The van der Waals surface area contributed by atoms with Gasteiger partial charge in [0.05, 0.1) is 23.3 Å². The third kappa shape index (κ3) is 3.67. The van der Waals surface area contributed by atoms with Gasteiger partial charge in [-0.15, -0.1) is 0 Å². The highest BCUT2D eigenvalue weighted by Gasteiger charge is 2.30. The summed E-state index contributed by atoms with van der Waals surface area (Å²) in [5, 5.41) is 0.300. The number of carbonyl (C=O) groups is 2. The number of allylic oxidation sites excluding steroid dienone is 1. The van der Waals surface area contributed by atoms with Crippen LogP contribution in [0.25, 0.3) is 6.08 Å². The summed E-state index contributed by atoms with van der Waals surface area (Å²) in [5.74, 6) is 0.577. The maximum atomic E-state index is 12.9. The Bertz CT molecular complexity index is 1200. The molecule has 0 saturated heterocycles. The molecule has 0 N–H and O–H groups in total. The summed E-state index contributed by atoms with van der Waals surface area (Å²) in [6, 6.07) is 17.1. The standard InChI is InChI=1S/C24H17ClO5/c1-14-11-16(29-24(27)17-8-4-5-9-18(17)25)13-20-22(14)23(26)21(30-20)12-15-7-3-6-10-19(15)28-2/h3-13H,1-2H3/b21-12-. The predicted octanol–water partition coefficient (Wildman–Crippen LogP) is 5.49. The van der Waals surface area contributed by atoms with E-state index in [2.05, 4.69) is 0 Å². The molecule has 0 aliphatic carbocycles. The molecule has 0 bridgehead atoms. The lowest BCUT2D eigenvalue weighted by atomic mass is 10.0. The number of halogens is 1. The lowest BCUT2D eigenvalue weighted by molar-refractivity contribution is 0.0734. The first-order valence-corrected chi connectivity index (χ1v) is 9.54. The summed E-state index contributed by atoms with van der Waals surface area (Å²) < 4.78 is 16.6. The Kier molecular flexibility index (Phi) is 5.29. The molecule has 150 valence electrons. The Morgan fingerprint density at radius 3 is 2.57 bits per heavy atom. The monoisotopic (exact) mass is 420 g/mol. The third-order valence-electron chi connectivity index (χ3n) is 4.67. The molecule has 3 aromatic carbocycles. The number of benzene rings is 3. The van der Waals surface area contributed by atoms with E-state index in [1.165, 1.54) is 6.07 Å². The van der Waals surface area contributed by atoms with Gasteiger partial charge in [-0.25, -0.2) is 4.79 Å². The highest BCUT2D eigenvalue weighted by Crippen LogP contribution is 2.38. The number of rotatable bonds is 4. The number of Topliss-reactive ketones (excluding diaryl/α,β-unsaturated/α-hetero) is 1. The van der Waals surface area contributed by atoms with Crippen LogP contribution in [-0.4, -0.2) is 18.9 Å². The van der Waals surface area contributed by atoms with Crippen LogP contribution in [-0.2, 0) is 0 Å². The van der Waals surface area contributed by atoms with E-state index in [9.17, 15) is 9.59 Å². The second-order valence-electron chi connectivity index (χ2n) is 6.66. The fourth-order valence-corrected chi connectivity index (χ4v) is 3.46. The molecular weight excluding hydrogens is 404 g/mol. The SMILES string of the molecule is COc1ccccc1/C=C1\Oc2cc(OC(=O)c3ccccc3Cl)cc(C)c2C1=O. The second-order valence-corrected chi connectivity index (χ2v) is 7.07. The van der Waals surface area contributed by atoms with E-state index in [1.807, 2.05) is 18.2 Å². The van der Waals surface area contributed by atoms with Crippen LogP contribution in [0.5, 0.6) is 17.2 Å². The van der Waals surface area contributed by atoms with Crippen molar-refractivity contribution in [2.75, 3.05) is 7.11 Å². The molecule has 0 atom stereocenters. The zero-order valence-corrected chi connectivity index (χ0v) is 17.0. The Balaban J connectivity index is 1.64. The van der Waals surface area contributed by atoms with Crippen molar-refractivity contribution in [2.24, 2.45) is 0 Å². The lowest BCUT2D eigenvalue weighted by Crippen LogP contribution is -2.09. The van der Waals surface area contributed by atoms with E-state index in [0.717, 1.165) is 5.56 Å². The maximum absolute atomic E-state index is 12.9. The number of hydrogen-bond acceptors (Lipinski definition) is 5. The summed E-state index contributed by atoms with van der Waals surface area (Å²) in [7, 11) is 1.56. The minimum absolute atomic E-state index is 0.173. The molecular formula is C24H17ClO5. The first kappa shape index (κ1) is 19.7. The number of esters is 1. The minimum Gasteiger partial charge on any atom is -0.496 e. The van der Waals surface area contributed by atoms with Gasteiger partial charge in [0.15, 0.2) is 5.76 Å². The minimum atomic E-state index is -0.589. The molecule has 0 fully saturated rings. The van der Waals surface area contributed by atoms with Gasteiger partial charge in [-0.1, -0.05) is 41.9 Å². The molecule has 0 radical (unpaired) electrons. The Labute approximate surface area is 178 Å². The Morgan fingerprint density at radius 1 is 1.07 bits per heavy atom. The zero-order valence-electron chi connectivity index (χ0n) is 16.3. The van der Waals surface area contributed by atoms with Crippen LogP contribution in [0.3, 0.4) is 0 Å². The first-order valence-electron chi connectivity index (χ1n) is 9.16. The van der Waals surface area contributed by atoms with Crippen molar-refractivity contribution >= 4 is 29.4 Å². The highest BCUT2D eigenvalue weighted by molar-refractivity contribution is 6.33. The topological polar surface area (TPSA) is 61.8 Å². The highest BCUT2D eigenvalue weighted by atomic mass is 35.5. The van der Waals surface area contributed by atoms with E-state index in [0.29, 0.717) is 27.6 Å². The van der Waals surface area contributed by atoms with Gasteiger partial charge in [0.25, 0.3) is 0 Å². The smallest absolute Gasteiger partial charge is 0.345 e. The van der Waals surface area contributed by atoms with E-state index >= 15 is 0 Å². The quantitative estimate of drug-likeness (QED) is 0.317. The fraction of sp³-hybridized carbons (Fsp3) is 0.0833. The summed E-state index contributed by atoms with van der Waals surface area (Å²) in [5.41, 5.74) is 2.06. The molecule has 0 spiro atoms. The van der Waals surface area contributed by atoms with Crippen molar-refractivity contribution in [3.8, 4) is 17.2 Å². The van der Waals surface area contributed by atoms with Crippen molar-refractivity contribution in [3.05, 3.63) is 93.7 Å². The van der Waals surface area contributed by atoms with Crippen LogP contribution < -0.4 is 14.2 Å². The number of methoxy groups -OCH3 is 1. The summed E-state index contributed by atoms with van der Waals surface area (Å²) in [6.07, 6.45) is 1.63. The van der Waals surface area contributed by atoms with Gasteiger partial charge >= 0.3 is 5.97 Å². The summed E-state index contributed by atoms with van der Waals surface area (Å²) in [4.78, 5) is 25.3. The van der Waals surface area contributed by atoms with Gasteiger partial charge in [0.1, 0.15) is 17.2 Å². The van der Waals surface area contributed by atoms with Crippen LogP contribution in [0.15, 0.2) is 66.4 Å². The maximum Gasteiger partial charge on any atom is 0.345 e. The number of fused-ring (bicyclic) bond motifs is 1. The van der Waals surface area contributed by atoms with Crippen LogP contribution >= 0.6 is 11.6 Å². The number of ether oxygens (including phenoxy) is 3. The average Bonchev–Trinajstić information content (AvgIpc) is 3.04. The largest absolute Gasteiger partial charge is 0.496 e. The lowest BCUT2D eigenvalue weighted by Gasteiger charge is -2.08. The van der Waals surface area contributed by atoms with Crippen LogP contribution in [0.2, 0.25) is 5.02 Å². The van der Waals surface area contributed by atoms with E-state index in [-0.39, 0.29) is 22.9 Å². The number of hydrogen-bond donors (Lipinski definition) is 0. The molecule has 6 heteroatoms. The normalized spacial score (nSPS) is 13.7. The Hall–Kier alpha value is -3.57. The molecule has 3 aromatic rings. The van der Waals surface area contributed by atoms with Crippen molar-refractivity contribution in [3.63, 3.8) is 0 Å². The van der Waals surface area contributed by atoms with Crippen LogP contribution in [0.1, 0.15) is 31.8 Å². The number of ketones is 1. The summed E-state index contributed by atoms with van der Waals surface area (Å²) >= 11 is 6.06. The molecule has 0 unspecified atom stereocenters. The second kappa shape index (κ2) is 8.05. The van der Waals surface area contributed by atoms with Gasteiger partial charge in [-0.2, -0.15) is 0 Å². The van der Waals surface area contributed by atoms with Crippen LogP contribution in [0.4, 0.5) is 0 Å². The zero-order chi connectivity index (χ0) is 21.3. The number of carbonyl (C=O) groups excluding carboxylic acids is 2. The molecule has 30 heavy (non-hydrogen) atoms. The van der Waals surface area contributed by atoms with Gasteiger partial charge in [0.2, 0.25) is 5.78 Å². The number of aryl methyl sites for hydroxylation is 1. The van der Waals surface area contributed by atoms with E-state index in [4.69, 9.17) is 25.8 Å². The van der Waals surface area contributed by atoms with Gasteiger partial charge in [-0.05, 0) is 42.8 Å². The number of para-hydroxylation sites is 1. The van der Waals surface area contributed by atoms with Crippen molar-refractivity contribution in [1.82, 2.24) is 0 Å².